The summed E-state index contributed by atoms with van der Waals surface area (Å²) in [6.07, 6.45) is -7.65. The van der Waals surface area contributed by atoms with Crippen molar-refractivity contribution in [1.82, 2.24) is 9.80 Å². The van der Waals surface area contributed by atoms with Gasteiger partial charge in [-0.1, -0.05) is 88.4 Å². The van der Waals surface area contributed by atoms with Crippen LogP contribution in [-0.2, 0) is 52.6 Å². The van der Waals surface area contributed by atoms with Crippen LogP contribution in [-0.4, -0.2) is 115 Å². The summed E-state index contributed by atoms with van der Waals surface area (Å²) >= 11 is 0. The maximum absolute atomic E-state index is 14.5. The Morgan fingerprint density at radius 2 is 0.855 bits per heavy atom. The SMILES string of the molecule is COc1cc2c(cc1OC)[C@@H]1C[C@H](OC(=O)[C@](OC)(c3ccccc3)C(F)(F)F)[C@H](CC(C)C)CN1CC2.COc1cc2c(cc1OC)[C@H]1C[C@@H](OC(=O)[C@](OC)(c3ccccc3)C(F)(F)F)[C@@H](CC(C)C)CN1CC2. The molecule has 0 aliphatic carbocycles. The summed E-state index contributed by atoms with van der Waals surface area (Å²) in [5.74, 6) is -0.0974. The zero-order valence-corrected chi connectivity index (χ0v) is 45.0. The zero-order chi connectivity index (χ0) is 55.3. The topological polar surface area (TPSA) is 114 Å². The van der Waals surface area contributed by atoms with Gasteiger partial charge in [-0.3, -0.25) is 9.80 Å². The molecule has 18 heteroatoms. The first-order valence-corrected chi connectivity index (χ1v) is 25.9. The lowest BCUT2D eigenvalue weighted by Crippen LogP contribution is -2.55. The first-order valence-electron chi connectivity index (χ1n) is 25.9. The van der Waals surface area contributed by atoms with E-state index in [4.69, 9.17) is 37.9 Å². The van der Waals surface area contributed by atoms with Gasteiger partial charge >= 0.3 is 24.3 Å². The lowest BCUT2D eigenvalue weighted by atomic mass is 9.79. The Morgan fingerprint density at radius 1 is 0.526 bits per heavy atom. The molecule has 0 saturated carbocycles. The largest absolute Gasteiger partial charge is 0.493 e. The van der Waals surface area contributed by atoms with E-state index in [0.29, 0.717) is 48.9 Å². The second-order valence-electron chi connectivity index (χ2n) is 21.0. The molecule has 2 saturated heterocycles. The van der Waals surface area contributed by atoms with Crippen molar-refractivity contribution in [3.05, 3.63) is 118 Å². The van der Waals surface area contributed by atoms with E-state index in [1.165, 1.54) is 48.5 Å². The quantitative estimate of drug-likeness (QED) is 0.0786. The molecule has 4 aromatic carbocycles. The lowest BCUT2D eigenvalue weighted by molar-refractivity contribution is -0.280. The highest BCUT2D eigenvalue weighted by Crippen LogP contribution is 2.50. The number of nitrogens with zero attached hydrogens (tertiary/aromatic N) is 2. The van der Waals surface area contributed by atoms with Gasteiger partial charge in [-0.15, -0.1) is 0 Å². The van der Waals surface area contributed by atoms with Gasteiger partial charge in [-0.05, 0) is 84.0 Å². The van der Waals surface area contributed by atoms with Crippen LogP contribution in [0.1, 0.15) is 98.8 Å². The lowest BCUT2D eigenvalue weighted by Gasteiger charge is -2.47. The molecule has 416 valence electrons. The van der Waals surface area contributed by atoms with Crippen molar-refractivity contribution in [2.45, 2.75) is 114 Å². The van der Waals surface area contributed by atoms with Crippen LogP contribution in [0.25, 0.3) is 0 Å². The second-order valence-corrected chi connectivity index (χ2v) is 21.0. The number of methoxy groups -OCH3 is 6. The minimum absolute atomic E-state index is 0.115. The highest BCUT2D eigenvalue weighted by atomic mass is 19.4. The zero-order valence-electron chi connectivity index (χ0n) is 45.0. The van der Waals surface area contributed by atoms with E-state index in [9.17, 15) is 35.9 Å². The number of esters is 2. The van der Waals surface area contributed by atoms with Crippen LogP contribution < -0.4 is 18.9 Å². The minimum Gasteiger partial charge on any atom is -0.493 e. The van der Waals surface area contributed by atoms with Crippen LogP contribution in [0.4, 0.5) is 26.3 Å². The van der Waals surface area contributed by atoms with Gasteiger partial charge in [0.1, 0.15) is 12.2 Å². The predicted octanol–water partition coefficient (Wildman–Crippen LogP) is 11.4. The summed E-state index contributed by atoms with van der Waals surface area (Å²) in [6, 6.07) is 21.5. The van der Waals surface area contributed by atoms with E-state index < -0.39 is 47.7 Å². The van der Waals surface area contributed by atoms with Crippen molar-refractivity contribution >= 4 is 11.9 Å². The van der Waals surface area contributed by atoms with E-state index in [2.05, 4.69) is 37.5 Å². The Morgan fingerprint density at radius 3 is 1.14 bits per heavy atom. The van der Waals surface area contributed by atoms with Gasteiger partial charge in [0, 0.05) is 88.3 Å². The van der Waals surface area contributed by atoms with Crippen molar-refractivity contribution in [3.63, 3.8) is 0 Å². The molecule has 0 bridgehead atoms. The molecule has 4 aliphatic rings. The fourth-order valence-corrected chi connectivity index (χ4v) is 12.0. The number of benzene rings is 4. The standard InChI is InChI=1S/2C29H36F3NO5/c2*1-18(2)13-20-17-33-12-11-19-14-25(35-3)26(36-4)15-22(19)23(33)16-24(20)38-27(34)28(37-5,29(30,31)32)21-9-7-6-8-10-21/h2*6-10,14-15,18,20,23-24H,11-13,16-17H2,1-5H3/t20-,23+,24+,28+;20-,23+,24+,28-/m01/s1. The average molecular weight is 1070 g/mol. The Bertz CT molecular complexity index is 2420. The summed E-state index contributed by atoms with van der Waals surface area (Å²) in [5, 5.41) is 0. The highest BCUT2D eigenvalue weighted by molar-refractivity contribution is 5.83. The van der Waals surface area contributed by atoms with Crippen LogP contribution in [0, 0.1) is 23.7 Å². The van der Waals surface area contributed by atoms with E-state index in [1.54, 1.807) is 40.6 Å². The number of fused-ring (bicyclic) bond motifs is 6. The Kier molecular flexibility index (Phi) is 18.3. The van der Waals surface area contributed by atoms with Gasteiger partial charge in [0.05, 0.1) is 28.4 Å². The maximum Gasteiger partial charge on any atom is 0.432 e. The average Bonchev–Trinajstić information content (AvgIpc) is 3.39. The molecule has 76 heavy (non-hydrogen) atoms. The summed E-state index contributed by atoms with van der Waals surface area (Å²) in [5.41, 5.74) is -2.80. The van der Waals surface area contributed by atoms with Crippen LogP contribution in [0.3, 0.4) is 0 Å². The van der Waals surface area contributed by atoms with Crippen LogP contribution in [0.2, 0.25) is 0 Å². The summed E-state index contributed by atoms with van der Waals surface area (Å²) in [6.45, 7) is 11.1. The fourth-order valence-electron chi connectivity index (χ4n) is 12.0. The third-order valence-corrected chi connectivity index (χ3v) is 15.5. The molecule has 2 fully saturated rings. The Labute approximate surface area is 442 Å². The highest BCUT2D eigenvalue weighted by Gasteiger charge is 2.66. The number of rotatable bonds is 16. The predicted molar refractivity (Wildman–Crippen MR) is 272 cm³/mol. The molecular formula is C58H72F6N2O10. The smallest absolute Gasteiger partial charge is 0.432 e. The van der Waals surface area contributed by atoms with Gasteiger partial charge in [0.25, 0.3) is 11.2 Å². The van der Waals surface area contributed by atoms with Crippen molar-refractivity contribution in [1.29, 1.82) is 0 Å². The third kappa shape index (κ3) is 11.5. The number of ether oxygens (including phenoxy) is 8. The molecule has 0 spiro atoms. The molecule has 0 N–H and O–H groups in total. The molecule has 0 amide bonds. The van der Waals surface area contributed by atoms with Gasteiger partial charge in [0.15, 0.2) is 23.0 Å². The number of carbonyl (C=O) groups is 2. The van der Waals surface area contributed by atoms with Crippen LogP contribution >= 0.6 is 0 Å². The Balaban J connectivity index is 0.000000221. The molecule has 0 radical (unpaired) electrons. The van der Waals surface area contributed by atoms with E-state index in [1.807, 2.05) is 24.3 Å². The Hall–Kier alpha value is -5.56. The van der Waals surface area contributed by atoms with Crippen molar-refractivity contribution in [2.75, 3.05) is 68.8 Å². The van der Waals surface area contributed by atoms with Crippen molar-refractivity contribution < 1.29 is 73.8 Å². The van der Waals surface area contributed by atoms with Gasteiger partial charge in [-0.2, -0.15) is 26.3 Å². The number of hydrogen-bond acceptors (Lipinski definition) is 12. The molecular weight excluding hydrogens is 999 g/mol. The third-order valence-electron chi connectivity index (χ3n) is 15.5. The summed E-state index contributed by atoms with van der Waals surface area (Å²) in [4.78, 5) is 31.7. The fraction of sp³-hybridized carbons (Fsp3) is 0.552. The van der Waals surface area contributed by atoms with Crippen LogP contribution in [0.5, 0.6) is 23.0 Å². The minimum atomic E-state index is -5.02. The van der Waals surface area contributed by atoms with Gasteiger partial charge < -0.3 is 37.9 Å². The van der Waals surface area contributed by atoms with Crippen LogP contribution in [0.15, 0.2) is 84.9 Å². The van der Waals surface area contributed by atoms with E-state index in [-0.39, 0.29) is 46.9 Å². The maximum atomic E-state index is 14.5. The van der Waals surface area contributed by atoms with Gasteiger partial charge in [-0.25, -0.2) is 9.59 Å². The molecule has 4 aromatic rings. The first-order chi connectivity index (χ1) is 36.1. The number of halogens is 6. The molecule has 8 atom stereocenters. The molecule has 4 aliphatic heterocycles. The van der Waals surface area contributed by atoms with E-state index >= 15 is 0 Å². The molecule has 0 aromatic heterocycles. The van der Waals surface area contributed by atoms with Crippen molar-refractivity contribution in [3.8, 4) is 23.0 Å². The molecule has 8 rings (SSSR count). The van der Waals surface area contributed by atoms with Crippen molar-refractivity contribution in [2.24, 2.45) is 23.7 Å². The molecule has 4 heterocycles. The summed E-state index contributed by atoms with van der Waals surface area (Å²) in [7, 11) is 8.10. The number of hydrogen-bond donors (Lipinski definition) is 0. The first kappa shape index (κ1) is 58.1. The monoisotopic (exact) mass is 1070 g/mol. The second kappa shape index (κ2) is 24.0. The number of piperidine rings is 2. The van der Waals surface area contributed by atoms with E-state index in [0.717, 1.165) is 75.2 Å². The number of carbonyl (C=O) groups excluding carboxylic acids is 2. The molecule has 12 nitrogen and oxygen atoms in total. The van der Waals surface area contributed by atoms with Gasteiger partial charge in [0.2, 0.25) is 0 Å². The number of alkyl halides is 6. The molecule has 0 unspecified atom stereocenters. The normalized spacial score (nSPS) is 23.2. The summed E-state index contributed by atoms with van der Waals surface area (Å²) < 4.78 is 131.